The van der Waals surface area contributed by atoms with Crippen molar-refractivity contribution in [3.8, 4) is 10.6 Å². The number of amides is 1. The third-order valence-electron chi connectivity index (χ3n) is 3.69. The van der Waals surface area contributed by atoms with Crippen molar-refractivity contribution in [2.75, 3.05) is 11.9 Å². The topological polar surface area (TPSA) is 68.3 Å². The van der Waals surface area contributed by atoms with Gasteiger partial charge < -0.3 is 10.1 Å². The van der Waals surface area contributed by atoms with Crippen LogP contribution in [0.3, 0.4) is 0 Å². The van der Waals surface area contributed by atoms with Gasteiger partial charge in [-0.05, 0) is 19.1 Å². The molecule has 1 heterocycles. The zero-order chi connectivity index (χ0) is 19.2. The molecule has 2 aromatic carbocycles. The van der Waals surface area contributed by atoms with E-state index in [2.05, 4.69) is 10.3 Å². The highest BCUT2D eigenvalue weighted by molar-refractivity contribution is 7.13. The zero-order valence-electron chi connectivity index (χ0n) is 14.6. The van der Waals surface area contributed by atoms with Gasteiger partial charge in [0, 0.05) is 10.9 Å². The van der Waals surface area contributed by atoms with E-state index in [4.69, 9.17) is 16.3 Å². The number of benzene rings is 2. The van der Waals surface area contributed by atoms with Crippen LogP contribution in [-0.4, -0.2) is 23.5 Å². The molecule has 3 aromatic rings. The van der Waals surface area contributed by atoms with Crippen LogP contribution >= 0.6 is 22.9 Å². The number of carbonyl (C=O) groups excluding carboxylic acids is 2. The Bertz CT molecular complexity index is 954. The summed E-state index contributed by atoms with van der Waals surface area (Å²) in [6.45, 7) is 1.65. The van der Waals surface area contributed by atoms with Crippen LogP contribution in [0.15, 0.2) is 53.9 Å². The molecule has 1 amide bonds. The van der Waals surface area contributed by atoms with Crippen LogP contribution < -0.4 is 5.32 Å². The number of halogens is 1. The molecule has 5 nitrogen and oxygen atoms in total. The van der Waals surface area contributed by atoms with Crippen molar-refractivity contribution >= 4 is 40.5 Å². The molecule has 0 unspecified atom stereocenters. The summed E-state index contributed by atoms with van der Waals surface area (Å²) < 4.78 is 5.02. The minimum absolute atomic E-state index is 0.0156. The molecule has 0 bridgehead atoms. The monoisotopic (exact) mass is 400 g/mol. The number of hydrogen-bond acceptors (Lipinski definition) is 5. The molecule has 1 N–H and O–H groups in total. The lowest BCUT2D eigenvalue weighted by atomic mass is 10.2. The molecule has 0 fully saturated rings. The third-order valence-corrected chi connectivity index (χ3v) is 4.96. The molecule has 0 spiro atoms. The number of nitrogens with one attached hydrogen (secondary N) is 1. The summed E-state index contributed by atoms with van der Waals surface area (Å²) in [6.07, 6.45) is 0.0156. The number of esters is 1. The summed E-state index contributed by atoms with van der Waals surface area (Å²) in [6, 6.07) is 14.9. The summed E-state index contributed by atoms with van der Waals surface area (Å²) in [7, 11) is 0. The summed E-state index contributed by atoms with van der Waals surface area (Å²) in [5.74, 6) is -0.958. The number of nitrogens with zero attached hydrogens (tertiary/aromatic N) is 1. The molecule has 7 heteroatoms. The Morgan fingerprint density at radius 2 is 1.89 bits per heavy atom. The van der Waals surface area contributed by atoms with Gasteiger partial charge in [0.25, 0.3) is 5.91 Å². The lowest BCUT2D eigenvalue weighted by molar-refractivity contribution is -0.146. The Labute approximate surface area is 166 Å². The molecule has 27 heavy (non-hydrogen) atoms. The van der Waals surface area contributed by atoms with Gasteiger partial charge in [0.05, 0.1) is 22.8 Å². The number of aromatic nitrogens is 1. The van der Waals surface area contributed by atoms with E-state index in [1.807, 2.05) is 36.6 Å². The fourth-order valence-electron chi connectivity index (χ4n) is 2.31. The first kappa shape index (κ1) is 19.1. The molecular weight excluding hydrogens is 384 g/mol. The maximum Gasteiger partial charge on any atom is 0.312 e. The van der Waals surface area contributed by atoms with Crippen LogP contribution in [0.1, 0.15) is 11.3 Å². The molecule has 0 saturated heterocycles. The molecule has 0 aliphatic heterocycles. The van der Waals surface area contributed by atoms with Crippen LogP contribution in [0.25, 0.3) is 10.6 Å². The van der Waals surface area contributed by atoms with Crippen molar-refractivity contribution in [2.24, 2.45) is 0 Å². The second kappa shape index (κ2) is 8.79. The first-order valence-electron chi connectivity index (χ1n) is 8.23. The van der Waals surface area contributed by atoms with Gasteiger partial charge >= 0.3 is 5.97 Å². The van der Waals surface area contributed by atoms with Crippen LogP contribution in [-0.2, 0) is 20.7 Å². The maximum atomic E-state index is 12.0. The number of hydrogen-bond donors (Lipinski definition) is 1. The number of ether oxygens (including phenoxy) is 1. The highest BCUT2D eigenvalue weighted by atomic mass is 35.5. The van der Waals surface area contributed by atoms with E-state index in [0.29, 0.717) is 16.4 Å². The molecule has 0 aliphatic carbocycles. The SMILES string of the molecule is Cc1ccc(-c2nc(CC(=O)OCC(=O)Nc3ccccc3Cl)cs2)cc1. The Balaban J connectivity index is 1.50. The first-order valence-corrected chi connectivity index (χ1v) is 9.48. The van der Waals surface area contributed by atoms with Crippen molar-refractivity contribution in [3.63, 3.8) is 0 Å². The van der Waals surface area contributed by atoms with E-state index >= 15 is 0 Å². The lowest BCUT2D eigenvalue weighted by Crippen LogP contribution is -2.21. The summed E-state index contributed by atoms with van der Waals surface area (Å²) >= 11 is 7.44. The predicted molar refractivity (Wildman–Crippen MR) is 107 cm³/mol. The molecule has 1 aromatic heterocycles. The lowest BCUT2D eigenvalue weighted by Gasteiger charge is -2.07. The van der Waals surface area contributed by atoms with E-state index in [1.54, 1.807) is 24.3 Å². The van der Waals surface area contributed by atoms with E-state index in [-0.39, 0.29) is 13.0 Å². The van der Waals surface area contributed by atoms with Crippen LogP contribution in [0.4, 0.5) is 5.69 Å². The Morgan fingerprint density at radius 1 is 1.15 bits per heavy atom. The second-order valence-electron chi connectivity index (χ2n) is 5.88. The number of para-hydroxylation sites is 1. The van der Waals surface area contributed by atoms with Crippen LogP contribution in [0.5, 0.6) is 0 Å². The number of rotatable bonds is 6. The van der Waals surface area contributed by atoms with E-state index in [1.165, 1.54) is 16.9 Å². The van der Waals surface area contributed by atoms with Crippen LogP contribution in [0, 0.1) is 6.92 Å². The standard InChI is InChI=1S/C20H17ClN2O3S/c1-13-6-8-14(9-7-13)20-22-15(12-27-20)10-19(25)26-11-18(24)23-17-5-3-2-4-16(17)21/h2-9,12H,10-11H2,1H3,(H,23,24). The molecule has 3 rings (SSSR count). The molecule has 0 radical (unpaired) electrons. The van der Waals surface area contributed by atoms with Gasteiger partial charge in [-0.2, -0.15) is 0 Å². The molecule has 0 aliphatic rings. The smallest absolute Gasteiger partial charge is 0.312 e. The van der Waals surface area contributed by atoms with Gasteiger partial charge in [-0.25, -0.2) is 4.98 Å². The van der Waals surface area contributed by atoms with Crippen molar-refractivity contribution < 1.29 is 14.3 Å². The summed E-state index contributed by atoms with van der Waals surface area (Å²) in [4.78, 5) is 28.3. The van der Waals surface area contributed by atoms with Crippen molar-refractivity contribution in [1.82, 2.24) is 4.98 Å². The Kier molecular flexibility index (Phi) is 6.21. The van der Waals surface area contributed by atoms with Crippen molar-refractivity contribution in [3.05, 3.63) is 70.2 Å². The molecule has 0 saturated carbocycles. The van der Waals surface area contributed by atoms with Gasteiger partial charge in [-0.1, -0.05) is 53.6 Å². The number of carbonyl (C=O) groups is 2. The molecule has 0 atom stereocenters. The quantitative estimate of drug-likeness (QED) is 0.619. The van der Waals surface area contributed by atoms with Crippen molar-refractivity contribution in [2.45, 2.75) is 13.3 Å². The predicted octanol–water partition coefficient (Wildman–Crippen LogP) is 4.50. The number of thiazole rings is 1. The number of anilines is 1. The van der Waals surface area contributed by atoms with Crippen molar-refractivity contribution in [1.29, 1.82) is 0 Å². The van der Waals surface area contributed by atoms with E-state index in [0.717, 1.165) is 10.6 Å². The average molecular weight is 401 g/mol. The van der Waals surface area contributed by atoms with Crippen LogP contribution in [0.2, 0.25) is 5.02 Å². The maximum absolute atomic E-state index is 12.0. The van der Waals surface area contributed by atoms with Gasteiger partial charge in [0.15, 0.2) is 6.61 Å². The van der Waals surface area contributed by atoms with Gasteiger partial charge in [-0.15, -0.1) is 11.3 Å². The summed E-state index contributed by atoms with van der Waals surface area (Å²) in [5, 5.41) is 5.68. The molecular formula is C20H17ClN2O3S. The highest BCUT2D eigenvalue weighted by Crippen LogP contribution is 2.24. The largest absolute Gasteiger partial charge is 0.455 e. The zero-order valence-corrected chi connectivity index (χ0v) is 16.1. The number of aryl methyl sites for hydroxylation is 1. The minimum Gasteiger partial charge on any atom is -0.455 e. The third kappa shape index (κ3) is 5.39. The first-order chi connectivity index (χ1) is 13.0. The fourth-order valence-corrected chi connectivity index (χ4v) is 3.32. The average Bonchev–Trinajstić information content (AvgIpc) is 3.11. The van der Waals surface area contributed by atoms with Gasteiger partial charge in [0.2, 0.25) is 0 Å². The second-order valence-corrected chi connectivity index (χ2v) is 7.14. The Hall–Kier alpha value is -2.70. The summed E-state index contributed by atoms with van der Waals surface area (Å²) in [5.41, 5.74) is 3.27. The fraction of sp³-hybridized carbons (Fsp3) is 0.150. The normalized spacial score (nSPS) is 10.4. The highest BCUT2D eigenvalue weighted by Gasteiger charge is 2.13. The van der Waals surface area contributed by atoms with Gasteiger partial charge in [0.1, 0.15) is 5.01 Å². The minimum atomic E-state index is -0.509. The van der Waals surface area contributed by atoms with Gasteiger partial charge in [-0.3, -0.25) is 9.59 Å². The Morgan fingerprint density at radius 3 is 2.63 bits per heavy atom. The van der Waals surface area contributed by atoms with E-state index < -0.39 is 11.9 Å². The molecule has 138 valence electrons. The van der Waals surface area contributed by atoms with E-state index in [9.17, 15) is 9.59 Å².